The quantitative estimate of drug-likeness (QED) is 0.490. The van der Waals surface area contributed by atoms with Gasteiger partial charge in [0.15, 0.2) is 0 Å². The first-order chi connectivity index (χ1) is 10.5. The van der Waals surface area contributed by atoms with Crippen molar-refractivity contribution in [1.82, 2.24) is 5.48 Å². The summed E-state index contributed by atoms with van der Waals surface area (Å²) in [5.74, 6) is -0.0103. The summed E-state index contributed by atoms with van der Waals surface area (Å²) in [4.78, 5) is 16.8. The van der Waals surface area contributed by atoms with Gasteiger partial charge in [-0.05, 0) is 38.2 Å². The number of carbonyl (C=O) groups is 1. The van der Waals surface area contributed by atoms with E-state index >= 15 is 0 Å². The maximum atomic E-state index is 11.2. The molecule has 4 nitrogen and oxygen atoms in total. The fourth-order valence-corrected chi connectivity index (χ4v) is 2.57. The van der Waals surface area contributed by atoms with E-state index in [0.29, 0.717) is 6.61 Å². The molecular formula is C18H29NO3. The number of esters is 1. The summed E-state index contributed by atoms with van der Waals surface area (Å²) >= 11 is 0. The molecule has 0 aromatic heterocycles. The molecule has 0 radical (unpaired) electrons. The van der Waals surface area contributed by atoms with E-state index < -0.39 is 0 Å². The van der Waals surface area contributed by atoms with E-state index in [1.165, 1.54) is 6.92 Å². The van der Waals surface area contributed by atoms with Gasteiger partial charge in [-0.25, -0.2) is 0 Å². The molecule has 0 bridgehead atoms. The fraction of sp³-hybridized carbons (Fsp3) is 0.611. The summed E-state index contributed by atoms with van der Waals surface area (Å²) < 4.78 is 5.38. The van der Waals surface area contributed by atoms with E-state index in [1.54, 1.807) is 6.08 Å². The zero-order valence-corrected chi connectivity index (χ0v) is 14.0. The molecule has 0 amide bonds. The van der Waals surface area contributed by atoms with E-state index in [4.69, 9.17) is 9.57 Å². The van der Waals surface area contributed by atoms with Gasteiger partial charge >= 0.3 is 5.97 Å². The van der Waals surface area contributed by atoms with Crippen molar-refractivity contribution >= 4 is 5.97 Å². The lowest BCUT2D eigenvalue weighted by Gasteiger charge is -2.25. The highest BCUT2D eigenvalue weighted by molar-refractivity contribution is 5.66. The summed E-state index contributed by atoms with van der Waals surface area (Å²) in [5, 5.41) is 0. The first-order valence-electron chi connectivity index (χ1n) is 8.06. The smallest absolute Gasteiger partial charge is 0.303 e. The van der Waals surface area contributed by atoms with Crippen molar-refractivity contribution in [1.29, 1.82) is 0 Å². The molecule has 0 saturated heterocycles. The van der Waals surface area contributed by atoms with Gasteiger partial charge in [0.05, 0.1) is 12.6 Å². The van der Waals surface area contributed by atoms with Crippen molar-refractivity contribution in [3.05, 3.63) is 36.5 Å². The molecule has 0 aromatic rings. The molecule has 1 N–H and O–H groups in total. The van der Waals surface area contributed by atoms with Crippen LogP contribution in [0, 0.1) is 5.92 Å². The molecule has 1 rings (SSSR count). The van der Waals surface area contributed by atoms with Crippen LogP contribution < -0.4 is 5.48 Å². The number of allylic oxidation sites excluding steroid dienone is 2. The first-order valence-corrected chi connectivity index (χ1v) is 8.06. The maximum Gasteiger partial charge on any atom is 0.303 e. The van der Waals surface area contributed by atoms with Crippen LogP contribution in [-0.2, 0) is 14.4 Å². The zero-order chi connectivity index (χ0) is 16.4. The Kier molecular flexibility index (Phi) is 8.78. The number of hydroxylamine groups is 1. The minimum Gasteiger partial charge on any atom is -0.458 e. The van der Waals surface area contributed by atoms with Crippen LogP contribution in [0.25, 0.3) is 0 Å². The third-order valence-electron chi connectivity index (χ3n) is 3.79. The summed E-state index contributed by atoms with van der Waals surface area (Å²) in [6.07, 6.45) is 11.7. The van der Waals surface area contributed by atoms with Crippen molar-refractivity contribution < 1.29 is 14.4 Å². The van der Waals surface area contributed by atoms with Gasteiger partial charge in [0, 0.05) is 6.92 Å². The molecule has 0 aliphatic carbocycles. The van der Waals surface area contributed by atoms with Gasteiger partial charge < -0.3 is 9.57 Å². The highest BCUT2D eigenvalue weighted by atomic mass is 16.6. The Hall–Kier alpha value is -1.39. The lowest BCUT2D eigenvalue weighted by atomic mass is 9.94. The van der Waals surface area contributed by atoms with Crippen LogP contribution in [0.15, 0.2) is 36.5 Å². The van der Waals surface area contributed by atoms with Gasteiger partial charge in [0.25, 0.3) is 0 Å². The Bertz CT molecular complexity index is 415. The Morgan fingerprint density at radius 2 is 2.09 bits per heavy atom. The third-order valence-corrected chi connectivity index (χ3v) is 3.79. The van der Waals surface area contributed by atoms with Gasteiger partial charge in [-0.2, -0.15) is 5.48 Å². The van der Waals surface area contributed by atoms with Crippen LogP contribution in [-0.4, -0.2) is 24.7 Å². The number of ether oxygens (including phenoxy) is 1. The molecule has 1 heterocycles. The van der Waals surface area contributed by atoms with Crippen molar-refractivity contribution in [2.45, 2.75) is 58.6 Å². The molecule has 0 saturated carbocycles. The predicted octanol–water partition coefficient (Wildman–Crippen LogP) is 3.71. The molecule has 0 fully saturated rings. The van der Waals surface area contributed by atoms with Crippen LogP contribution >= 0.6 is 0 Å². The normalized spacial score (nSPS) is 29.8. The third kappa shape index (κ3) is 7.05. The minimum atomic E-state index is -0.227. The van der Waals surface area contributed by atoms with Crippen LogP contribution in [0.2, 0.25) is 0 Å². The van der Waals surface area contributed by atoms with Crippen LogP contribution in [0.1, 0.15) is 46.5 Å². The van der Waals surface area contributed by atoms with E-state index in [9.17, 15) is 4.79 Å². The number of hydrogen-bond acceptors (Lipinski definition) is 4. The fourth-order valence-electron chi connectivity index (χ4n) is 2.57. The summed E-state index contributed by atoms with van der Waals surface area (Å²) in [6.45, 7) is 10.1. The summed E-state index contributed by atoms with van der Waals surface area (Å²) in [6, 6.07) is 0.0756. The lowest BCUT2D eigenvalue weighted by Crippen LogP contribution is -2.36. The highest BCUT2D eigenvalue weighted by Crippen LogP contribution is 2.17. The second-order valence-electron chi connectivity index (χ2n) is 5.83. The molecule has 124 valence electrons. The highest BCUT2D eigenvalue weighted by Gasteiger charge is 2.18. The van der Waals surface area contributed by atoms with Crippen molar-refractivity contribution in [2.24, 2.45) is 5.92 Å². The van der Waals surface area contributed by atoms with E-state index in [-0.39, 0.29) is 24.0 Å². The number of rotatable bonds is 3. The van der Waals surface area contributed by atoms with Gasteiger partial charge in [-0.1, -0.05) is 43.7 Å². The lowest BCUT2D eigenvalue weighted by molar-refractivity contribution is -0.144. The molecule has 3 atom stereocenters. The Balaban J connectivity index is 2.85. The van der Waals surface area contributed by atoms with E-state index in [1.807, 2.05) is 12.2 Å². The Morgan fingerprint density at radius 3 is 2.77 bits per heavy atom. The second-order valence-corrected chi connectivity index (χ2v) is 5.83. The minimum absolute atomic E-state index is 0.0756. The number of hydrogen-bond donors (Lipinski definition) is 1. The van der Waals surface area contributed by atoms with Gasteiger partial charge in [-0.15, -0.1) is 0 Å². The molecule has 1 aliphatic heterocycles. The largest absolute Gasteiger partial charge is 0.458 e. The monoisotopic (exact) mass is 307 g/mol. The second kappa shape index (κ2) is 10.4. The van der Waals surface area contributed by atoms with Crippen LogP contribution in [0.5, 0.6) is 0 Å². The van der Waals surface area contributed by atoms with Gasteiger partial charge in [-0.3, -0.25) is 4.79 Å². The van der Waals surface area contributed by atoms with Crippen LogP contribution in [0.3, 0.4) is 0 Å². The summed E-state index contributed by atoms with van der Waals surface area (Å²) in [5.41, 5.74) is 4.31. The molecule has 1 unspecified atom stereocenters. The number of carbonyl (C=O) groups excluding carboxylic acids is 1. The van der Waals surface area contributed by atoms with Crippen molar-refractivity contribution in [3.63, 3.8) is 0 Å². The molecule has 1 aliphatic rings. The van der Waals surface area contributed by atoms with Crippen LogP contribution in [0.4, 0.5) is 0 Å². The zero-order valence-electron chi connectivity index (χ0n) is 14.0. The maximum absolute atomic E-state index is 11.2. The van der Waals surface area contributed by atoms with E-state index in [0.717, 1.165) is 31.3 Å². The average molecular weight is 307 g/mol. The Morgan fingerprint density at radius 1 is 1.32 bits per heavy atom. The molecule has 22 heavy (non-hydrogen) atoms. The number of nitrogens with one attached hydrogen (secondary N) is 1. The van der Waals surface area contributed by atoms with Crippen molar-refractivity contribution in [2.75, 3.05) is 6.61 Å². The molecular weight excluding hydrogens is 278 g/mol. The standard InChI is InChI=1S/C18H29NO3/c1-5-9-14(2)18-15(3)11-12-17(22-16(4)20)10-7-6-8-13-21-19-18/h5,9,11-12,15,17-19H,1,6-8,10,13H2,2-4H3/b12-11+,14-9?/t15-,17?,18+/m0/s1. The molecule has 4 heteroatoms. The van der Waals surface area contributed by atoms with Gasteiger partial charge in [0.2, 0.25) is 0 Å². The Labute approximate surface area is 134 Å². The van der Waals surface area contributed by atoms with Crippen molar-refractivity contribution in [3.8, 4) is 0 Å². The van der Waals surface area contributed by atoms with Gasteiger partial charge in [0.1, 0.15) is 6.10 Å². The van der Waals surface area contributed by atoms with E-state index in [2.05, 4.69) is 32.0 Å². The molecule has 0 aromatic carbocycles. The first kappa shape index (κ1) is 18.7. The average Bonchev–Trinajstić information content (AvgIpc) is 2.45. The topological polar surface area (TPSA) is 47.6 Å². The molecule has 0 spiro atoms. The summed E-state index contributed by atoms with van der Waals surface area (Å²) in [7, 11) is 0. The SMILES string of the molecule is C=CC=C(C)[C@H]1NOCCCCCC(OC(C)=O)/C=C/[C@@H]1C. The predicted molar refractivity (Wildman–Crippen MR) is 89.2 cm³/mol.